The first-order chi connectivity index (χ1) is 20.0. The number of hydrogen-bond acceptors (Lipinski definition) is 8. The maximum atomic E-state index is 13.9. The summed E-state index contributed by atoms with van der Waals surface area (Å²) in [7, 11) is 0. The molecule has 5 aromatic rings. The standard InChI is InChI=1S/C30H30ClN7O2S/c1-18-3-2-12-36(18)14-11-34-29(40)26-27(39)21-5-7-25(37-13-8-19(17-37)22-16-32-9-10-33-22)35-28(21)38-23-15-20(31)4-6-24(23)41-30(26)38/h4-7,9-10,15-16,18-19H,2-3,8,11-14,17H2,1H3,(H,34,40). The first-order valence-electron chi connectivity index (χ1n) is 14.1. The van der Waals surface area contributed by atoms with Crippen LogP contribution in [-0.4, -0.2) is 68.9 Å². The van der Waals surface area contributed by atoms with Gasteiger partial charge in [0.15, 0.2) is 5.65 Å². The lowest BCUT2D eigenvalue weighted by atomic mass is 10.1. The molecule has 4 aromatic heterocycles. The van der Waals surface area contributed by atoms with E-state index >= 15 is 0 Å². The van der Waals surface area contributed by atoms with Gasteiger partial charge in [0.2, 0.25) is 5.43 Å². The quantitative estimate of drug-likeness (QED) is 0.307. The fourth-order valence-corrected chi connectivity index (χ4v) is 7.56. The number of nitrogens with one attached hydrogen (secondary N) is 1. The molecule has 2 saturated heterocycles. The average molecular weight is 588 g/mol. The largest absolute Gasteiger partial charge is 0.356 e. The van der Waals surface area contributed by atoms with Gasteiger partial charge in [-0.3, -0.25) is 28.9 Å². The van der Waals surface area contributed by atoms with Gasteiger partial charge in [-0.1, -0.05) is 11.6 Å². The van der Waals surface area contributed by atoms with Crippen molar-refractivity contribution in [2.45, 2.75) is 38.1 Å². The summed E-state index contributed by atoms with van der Waals surface area (Å²) in [6.07, 6.45) is 8.54. The van der Waals surface area contributed by atoms with Crippen molar-refractivity contribution in [1.82, 2.24) is 29.6 Å². The van der Waals surface area contributed by atoms with Gasteiger partial charge in [0.05, 0.1) is 21.3 Å². The predicted octanol–water partition coefficient (Wildman–Crippen LogP) is 4.71. The molecule has 6 heterocycles. The highest BCUT2D eigenvalue weighted by Gasteiger charge is 2.28. The number of carbonyl (C=O) groups excluding carboxylic acids is 1. The Morgan fingerprint density at radius 2 is 2.07 bits per heavy atom. The van der Waals surface area contributed by atoms with Gasteiger partial charge in [-0.2, -0.15) is 0 Å². The summed E-state index contributed by atoms with van der Waals surface area (Å²) in [6.45, 7) is 6.11. The van der Waals surface area contributed by atoms with Crippen LogP contribution in [0.3, 0.4) is 0 Å². The smallest absolute Gasteiger partial charge is 0.258 e. The van der Waals surface area contributed by atoms with E-state index in [1.807, 2.05) is 34.9 Å². The highest BCUT2D eigenvalue weighted by molar-refractivity contribution is 7.24. The molecule has 1 aromatic carbocycles. The zero-order chi connectivity index (χ0) is 28.1. The van der Waals surface area contributed by atoms with E-state index in [0.717, 1.165) is 54.3 Å². The van der Waals surface area contributed by atoms with E-state index in [0.29, 0.717) is 33.5 Å². The minimum Gasteiger partial charge on any atom is -0.356 e. The number of amides is 1. The highest BCUT2D eigenvalue weighted by Crippen LogP contribution is 2.34. The number of rotatable bonds is 6. The summed E-state index contributed by atoms with van der Waals surface area (Å²) in [6, 6.07) is 9.83. The van der Waals surface area contributed by atoms with E-state index in [9.17, 15) is 9.59 Å². The zero-order valence-electron chi connectivity index (χ0n) is 22.7. The Bertz CT molecular complexity index is 1840. The Morgan fingerprint density at radius 3 is 2.88 bits per heavy atom. The molecule has 2 unspecified atom stereocenters. The van der Waals surface area contributed by atoms with Gasteiger partial charge in [-0.05, 0) is 63.1 Å². The third-order valence-electron chi connectivity index (χ3n) is 8.45. The molecule has 11 heteroatoms. The van der Waals surface area contributed by atoms with Gasteiger partial charge in [-0.25, -0.2) is 4.98 Å². The molecule has 41 heavy (non-hydrogen) atoms. The second kappa shape index (κ2) is 10.7. The number of anilines is 1. The molecule has 0 saturated carbocycles. The summed E-state index contributed by atoms with van der Waals surface area (Å²) >= 11 is 7.83. The molecule has 0 radical (unpaired) electrons. The lowest BCUT2D eigenvalue weighted by molar-refractivity contribution is 0.0948. The molecular weight excluding hydrogens is 558 g/mol. The van der Waals surface area contributed by atoms with E-state index in [1.165, 1.54) is 24.2 Å². The first kappa shape index (κ1) is 26.3. The average Bonchev–Trinajstić information content (AvgIpc) is 3.72. The van der Waals surface area contributed by atoms with Crippen molar-refractivity contribution in [2.75, 3.05) is 37.6 Å². The maximum absolute atomic E-state index is 13.9. The molecule has 1 N–H and O–H groups in total. The normalized spacial score (nSPS) is 19.6. The highest BCUT2D eigenvalue weighted by atomic mass is 35.5. The number of thiazole rings is 1. The van der Waals surface area contributed by atoms with Crippen molar-refractivity contribution in [3.8, 4) is 0 Å². The number of likely N-dealkylation sites (tertiary alicyclic amines) is 1. The second-order valence-electron chi connectivity index (χ2n) is 10.9. The Morgan fingerprint density at radius 1 is 1.17 bits per heavy atom. The monoisotopic (exact) mass is 587 g/mol. The van der Waals surface area contributed by atoms with Crippen LogP contribution < -0.4 is 15.6 Å². The lowest BCUT2D eigenvalue weighted by Crippen LogP contribution is -2.38. The molecule has 2 atom stereocenters. The van der Waals surface area contributed by atoms with Gasteiger partial charge in [-0.15, -0.1) is 11.3 Å². The number of nitrogens with zero attached hydrogens (tertiary/aromatic N) is 6. The van der Waals surface area contributed by atoms with Crippen LogP contribution in [0.4, 0.5) is 5.82 Å². The van der Waals surface area contributed by atoms with Gasteiger partial charge >= 0.3 is 0 Å². The topological polar surface area (TPSA) is 95.7 Å². The van der Waals surface area contributed by atoms with E-state index < -0.39 is 0 Å². The van der Waals surface area contributed by atoms with Crippen LogP contribution in [-0.2, 0) is 0 Å². The Hall–Kier alpha value is -3.60. The SMILES string of the molecule is CC1CCCN1CCNC(=O)c1c(=O)c2ccc(N3CCC(c4cnccn4)C3)nc2n2c1sc1ccc(Cl)cc12. The van der Waals surface area contributed by atoms with E-state index in [4.69, 9.17) is 16.6 Å². The van der Waals surface area contributed by atoms with Crippen molar-refractivity contribution < 1.29 is 4.79 Å². The molecule has 9 nitrogen and oxygen atoms in total. The molecule has 2 aliphatic rings. The van der Waals surface area contributed by atoms with E-state index in [-0.39, 0.29) is 22.8 Å². The van der Waals surface area contributed by atoms with Crippen molar-refractivity contribution >= 4 is 60.7 Å². The second-order valence-corrected chi connectivity index (χ2v) is 12.4. The summed E-state index contributed by atoms with van der Waals surface area (Å²) in [5, 5.41) is 4.02. The Labute approximate surface area is 245 Å². The van der Waals surface area contributed by atoms with Gasteiger partial charge in [0, 0.05) is 61.8 Å². The molecule has 0 aliphatic carbocycles. The molecule has 0 spiro atoms. The number of fused-ring (bicyclic) bond motifs is 5. The first-order valence-corrected chi connectivity index (χ1v) is 15.3. The van der Waals surface area contributed by atoms with Gasteiger partial charge in [0.1, 0.15) is 16.2 Å². The number of carbonyl (C=O) groups is 1. The third-order valence-corrected chi connectivity index (χ3v) is 9.83. The van der Waals surface area contributed by atoms with Crippen LogP contribution in [0.2, 0.25) is 5.02 Å². The molecule has 0 bridgehead atoms. The number of halogens is 1. The summed E-state index contributed by atoms with van der Waals surface area (Å²) < 4.78 is 2.86. The fourth-order valence-electron chi connectivity index (χ4n) is 6.24. The summed E-state index contributed by atoms with van der Waals surface area (Å²) in [5.41, 5.74) is 2.18. The Balaban J connectivity index is 1.29. The predicted molar refractivity (Wildman–Crippen MR) is 164 cm³/mol. The van der Waals surface area contributed by atoms with Crippen LogP contribution >= 0.6 is 22.9 Å². The van der Waals surface area contributed by atoms with Crippen molar-refractivity contribution in [3.05, 3.63) is 75.4 Å². The molecule has 2 fully saturated rings. The zero-order valence-corrected chi connectivity index (χ0v) is 24.3. The molecule has 7 rings (SSSR count). The molecular formula is C30H30ClN7O2S. The maximum Gasteiger partial charge on any atom is 0.258 e. The van der Waals surface area contributed by atoms with E-state index in [1.54, 1.807) is 18.5 Å². The number of hydrogen-bond donors (Lipinski definition) is 1. The van der Waals surface area contributed by atoms with Gasteiger partial charge in [0.25, 0.3) is 5.91 Å². The molecule has 210 valence electrons. The lowest BCUT2D eigenvalue weighted by Gasteiger charge is -2.21. The van der Waals surface area contributed by atoms with Gasteiger partial charge < -0.3 is 10.2 Å². The Kier molecular flexibility index (Phi) is 6.84. The molecule has 1 amide bonds. The van der Waals surface area contributed by atoms with Crippen molar-refractivity contribution in [3.63, 3.8) is 0 Å². The third kappa shape index (κ3) is 4.73. The minimum atomic E-state index is -0.352. The van der Waals surface area contributed by atoms with Crippen LogP contribution in [0, 0.1) is 0 Å². The number of pyridine rings is 2. The van der Waals surface area contributed by atoms with Crippen LogP contribution in [0.15, 0.2) is 53.7 Å². The van der Waals surface area contributed by atoms with Crippen molar-refractivity contribution in [1.29, 1.82) is 0 Å². The molecule has 2 aliphatic heterocycles. The van der Waals surface area contributed by atoms with Crippen molar-refractivity contribution in [2.24, 2.45) is 0 Å². The fraction of sp³-hybridized carbons (Fsp3) is 0.367. The number of benzene rings is 1. The van der Waals surface area contributed by atoms with Crippen LogP contribution in [0.25, 0.3) is 26.1 Å². The summed E-state index contributed by atoms with van der Waals surface area (Å²) in [5.74, 6) is 0.698. The van der Waals surface area contributed by atoms with E-state index in [2.05, 4.69) is 32.0 Å². The minimum absolute atomic E-state index is 0.155. The van der Waals surface area contributed by atoms with Crippen LogP contribution in [0.1, 0.15) is 48.2 Å². The number of aromatic nitrogens is 4. The van der Waals surface area contributed by atoms with Crippen LogP contribution in [0.5, 0.6) is 0 Å². The summed E-state index contributed by atoms with van der Waals surface area (Å²) in [4.78, 5) is 46.4.